The fourth-order valence-corrected chi connectivity index (χ4v) is 1.94. The Bertz CT molecular complexity index is 379. The van der Waals surface area contributed by atoms with Gasteiger partial charge < -0.3 is 10.6 Å². The summed E-state index contributed by atoms with van der Waals surface area (Å²) in [6.07, 6.45) is 0.964. The fourth-order valence-electron chi connectivity index (χ4n) is 1.94. The van der Waals surface area contributed by atoms with E-state index in [0.717, 1.165) is 18.5 Å². The van der Waals surface area contributed by atoms with Crippen LogP contribution >= 0.6 is 0 Å². The molecule has 0 atom stereocenters. The highest BCUT2D eigenvalue weighted by atomic mass is 16.2. The molecule has 17 heavy (non-hydrogen) atoms. The van der Waals surface area contributed by atoms with Gasteiger partial charge >= 0.3 is 0 Å². The molecule has 0 aliphatic rings. The van der Waals surface area contributed by atoms with Crippen molar-refractivity contribution in [3.05, 3.63) is 29.3 Å². The molecule has 0 saturated heterocycles. The van der Waals surface area contributed by atoms with Crippen LogP contribution in [0.1, 0.15) is 43.1 Å². The normalized spacial score (nSPS) is 10.6. The zero-order valence-electron chi connectivity index (χ0n) is 11.2. The van der Waals surface area contributed by atoms with Crippen molar-refractivity contribution in [2.75, 3.05) is 12.3 Å². The van der Waals surface area contributed by atoms with Crippen molar-refractivity contribution in [3.8, 4) is 0 Å². The Hall–Kier alpha value is -1.51. The van der Waals surface area contributed by atoms with Crippen LogP contribution in [0.25, 0.3) is 0 Å². The van der Waals surface area contributed by atoms with E-state index < -0.39 is 0 Å². The first-order valence-electron chi connectivity index (χ1n) is 6.13. The van der Waals surface area contributed by atoms with Crippen LogP contribution in [-0.4, -0.2) is 23.4 Å². The van der Waals surface area contributed by atoms with E-state index in [9.17, 15) is 4.79 Å². The van der Waals surface area contributed by atoms with Crippen LogP contribution in [0.5, 0.6) is 0 Å². The number of nitrogens with zero attached hydrogens (tertiary/aromatic N) is 1. The number of aryl methyl sites for hydroxylation is 1. The van der Waals surface area contributed by atoms with Gasteiger partial charge in [0.1, 0.15) is 0 Å². The van der Waals surface area contributed by atoms with Crippen molar-refractivity contribution >= 4 is 11.6 Å². The van der Waals surface area contributed by atoms with E-state index in [4.69, 9.17) is 5.73 Å². The number of benzene rings is 1. The molecular weight excluding hydrogens is 212 g/mol. The monoisotopic (exact) mass is 234 g/mol. The van der Waals surface area contributed by atoms with Crippen LogP contribution < -0.4 is 5.73 Å². The molecule has 1 amide bonds. The summed E-state index contributed by atoms with van der Waals surface area (Å²) in [4.78, 5) is 14.2. The molecule has 1 rings (SSSR count). The van der Waals surface area contributed by atoms with E-state index in [1.165, 1.54) is 0 Å². The van der Waals surface area contributed by atoms with E-state index in [-0.39, 0.29) is 11.9 Å². The Kier molecular flexibility index (Phi) is 4.55. The average Bonchev–Trinajstić information content (AvgIpc) is 2.23. The van der Waals surface area contributed by atoms with Gasteiger partial charge in [-0.25, -0.2) is 0 Å². The highest BCUT2D eigenvalue weighted by Gasteiger charge is 2.18. The number of hydrogen-bond acceptors (Lipinski definition) is 2. The summed E-state index contributed by atoms with van der Waals surface area (Å²) in [6, 6.07) is 5.73. The molecule has 1 aromatic rings. The second-order valence-electron chi connectivity index (χ2n) is 4.72. The first-order chi connectivity index (χ1) is 7.95. The van der Waals surface area contributed by atoms with Crippen LogP contribution in [0.4, 0.5) is 5.69 Å². The zero-order valence-corrected chi connectivity index (χ0v) is 11.2. The van der Waals surface area contributed by atoms with Gasteiger partial charge in [-0.15, -0.1) is 0 Å². The largest absolute Gasteiger partial charge is 0.399 e. The third-order valence-electron chi connectivity index (χ3n) is 2.70. The smallest absolute Gasteiger partial charge is 0.254 e. The number of rotatable bonds is 4. The van der Waals surface area contributed by atoms with Crippen molar-refractivity contribution in [1.29, 1.82) is 0 Å². The highest BCUT2D eigenvalue weighted by molar-refractivity contribution is 5.95. The third-order valence-corrected chi connectivity index (χ3v) is 2.70. The van der Waals surface area contributed by atoms with Gasteiger partial charge in [-0.05, 0) is 51.0 Å². The second kappa shape index (κ2) is 5.71. The van der Waals surface area contributed by atoms with E-state index >= 15 is 0 Å². The molecule has 94 valence electrons. The number of carbonyl (C=O) groups excluding carboxylic acids is 1. The van der Waals surface area contributed by atoms with Crippen molar-refractivity contribution in [2.24, 2.45) is 0 Å². The Morgan fingerprint density at radius 3 is 2.47 bits per heavy atom. The number of nitrogen functional groups attached to an aromatic ring is 1. The minimum atomic E-state index is 0.0669. The highest BCUT2D eigenvalue weighted by Crippen LogP contribution is 2.15. The Morgan fingerprint density at radius 1 is 1.35 bits per heavy atom. The van der Waals surface area contributed by atoms with Crippen molar-refractivity contribution in [1.82, 2.24) is 4.90 Å². The van der Waals surface area contributed by atoms with Gasteiger partial charge in [-0.2, -0.15) is 0 Å². The quantitative estimate of drug-likeness (QED) is 0.814. The molecule has 0 fully saturated rings. The summed E-state index contributed by atoms with van der Waals surface area (Å²) >= 11 is 0. The first kappa shape index (κ1) is 13.6. The van der Waals surface area contributed by atoms with Crippen molar-refractivity contribution < 1.29 is 4.79 Å². The lowest BCUT2D eigenvalue weighted by atomic mass is 10.1. The Labute approximate surface area is 104 Å². The molecule has 1 aromatic carbocycles. The lowest BCUT2D eigenvalue weighted by Gasteiger charge is -2.26. The number of nitrogens with two attached hydrogens (primary N) is 1. The maximum atomic E-state index is 12.4. The number of carbonyl (C=O) groups is 1. The predicted octanol–water partition coefficient (Wildman–Crippen LogP) is 2.84. The summed E-state index contributed by atoms with van der Waals surface area (Å²) in [7, 11) is 0. The molecule has 0 saturated carbocycles. The maximum Gasteiger partial charge on any atom is 0.254 e. The number of anilines is 1. The zero-order chi connectivity index (χ0) is 13.0. The molecule has 0 bridgehead atoms. The lowest BCUT2D eigenvalue weighted by Crippen LogP contribution is -2.37. The molecule has 0 aliphatic carbocycles. The summed E-state index contributed by atoms with van der Waals surface area (Å²) in [5.41, 5.74) is 8.13. The van der Waals surface area contributed by atoms with Crippen LogP contribution in [-0.2, 0) is 0 Å². The predicted molar refractivity (Wildman–Crippen MR) is 72.1 cm³/mol. The van der Waals surface area contributed by atoms with Gasteiger partial charge in [-0.3, -0.25) is 4.79 Å². The molecule has 0 aromatic heterocycles. The van der Waals surface area contributed by atoms with E-state index in [0.29, 0.717) is 11.3 Å². The minimum Gasteiger partial charge on any atom is -0.399 e. The van der Waals surface area contributed by atoms with Crippen LogP contribution in [0.2, 0.25) is 0 Å². The fraction of sp³-hybridized carbons (Fsp3) is 0.500. The molecule has 0 spiro atoms. The van der Waals surface area contributed by atoms with E-state index in [2.05, 4.69) is 6.92 Å². The number of amides is 1. The standard InChI is InChI=1S/C14H22N2O/c1-5-6-16(10(2)3)14(17)12-7-11(4)8-13(15)9-12/h7-10H,5-6,15H2,1-4H3. The summed E-state index contributed by atoms with van der Waals surface area (Å²) in [5, 5.41) is 0. The molecule has 3 nitrogen and oxygen atoms in total. The lowest BCUT2D eigenvalue weighted by molar-refractivity contribution is 0.0706. The first-order valence-corrected chi connectivity index (χ1v) is 6.13. The topological polar surface area (TPSA) is 46.3 Å². The molecule has 0 aliphatic heterocycles. The second-order valence-corrected chi connectivity index (χ2v) is 4.72. The van der Waals surface area contributed by atoms with E-state index in [1.54, 1.807) is 6.07 Å². The summed E-state index contributed by atoms with van der Waals surface area (Å²) < 4.78 is 0. The number of hydrogen-bond donors (Lipinski definition) is 1. The van der Waals surface area contributed by atoms with Crippen LogP contribution in [0, 0.1) is 6.92 Å². The molecular formula is C14H22N2O. The molecule has 0 unspecified atom stereocenters. The van der Waals surface area contributed by atoms with Crippen molar-refractivity contribution in [3.63, 3.8) is 0 Å². The molecule has 0 heterocycles. The molecule has 0 radical (unpaired) electrons. The Morgan fingerprint density at radius 2 is 2.00 bits per heavy atom. The van der Waals surface area contributed by atoms with Gasteiger partial charge in [0.15, 0.2) is 0 Å². The summed E-state index contributed by atoms with van der Waals surface area (Å²) in [5.74, 6) is 0.0669. The maximum absolute atomic E-state index is 12.4. The Balaban J connectivity index is 3.00. The van der Waals surface area contributed by atoms with Gasteiger partial charge in [0.2, 0.25) is 0 Å². The van der Waals surface area contributed by atoms with Gasteiger partial charge in [0, 0.05) is 23.8 Å². The van der Waals surface area contributed by atoms with E-state index in [1.807, 2.05) is 37.8 Å². The minimum absolute atomic E-state index is 0.0669. The van der Waals surface area contributed by atoms with Crippen LogP contribution in [0.15, 0.2) is 18.2 Å². The van der Waals surface area contributed by atoms with Crippen LogP contribution in [0.3, 0.4) is 0 Å². The van der Waals surface area contributed by atoms with Gasteiger partial charge in [0.25, 0.3) is 5.91 Å². The van der Waals surface area contributed by atoms with Crippen molar-refractivity contribution in [2.45, 2.75) is 40.2 Å². The summed E-state index contributed by atoms with van der Waals surface area (Å²) in [6.45, 7) is 8.88. The van der Waals surface area contributed by atoms with Gasteiger partial charge in [-0.1, -0.05) is 6.92 Å². The third kappa shape index (κ3) is 3.48. The molecule has 2 N–H and O–H groups in total. The molecule has 3 heteroatoms. The van der Waals surface area contributed by atoms with Gasteiger partial charge in [0.05, 0.1) is 0 Å². The SMILES string of the molecule is CCCN(C(=O)c1cc(C)cc(N)c1)C(C)C. The average molecular weight is 234 g/mol.